The van der Waals surface area contributed by atoms with Crippen LogP contribution >= 0.6 is 11.3 Å². The Labute approximate surface area is 262 Å². The number of ether oxygens (including phenoxy) is 1. The standard InChI is InChI=1S/C31H27F7N6OS/c32-15-4-8-43(9-5-15)28-18-10-20(31(36,37)38)23(17-2-3-21(34)26-22(17)19(12-39)27(40)46-26)24(35)25(18)41-29(42-28)45-14-30-6-1-7-44(30)13-16(33)11-30/h2-3,10,15-16H,1,4-9,11,13-14,40H2. The lowest BCUT2D eigenvalue weighted by Gasteiger charge is -2.32. The van der Waals surface area contributed by atoms with Gasteiger partial charge in [0.1, 0.15) is 47.2 Å². The third kappa shape index (κ3) is 4.97. The highest BCUT2D eigenvalue weighted by Gasteiger charge is 2.49. The van der Waals surface area contributed by atoms with E-state index in [2.05, 4.69) is 9.97 Å². The molecule has 3 fully saturated rings. The van der Waals surface area contributed by atoms with Crippen LogP contribution < -0.4 is 15.4 Å². The number of nitriles is 1. The highest BCUT2D eigenvalue weighted by atomic mass is 32.1. The number of nitrogens with two attached hydrogens (primary N) is 1. The fourth-order valence-corrected chi connectivity index (χ4v) is 8.15. The first-order valence-electron chi connectivity index (χ1n) is 14.8. The predicted molar refractivity (Wildman–Crippen MR) is 159 cm³/mol. The van der Waals surface area contributed by atoms with Crippen LogP contribution in [-0.2, 0) is 6.18 Å². The topological polar surface area (TPSA) is 91.3 Å². The summed E-state index contributed by atoms with van der Waals surface area (Å²) in [7, 11) is 0. The number of halogens is 7. The molecule has 4 aromatic rings. The molecule has 242 valence electrons. The minimum absolute atomic E-state index is 0.0155. The van der Waals surface area contributed by atoms with Gasteiger partial charge < -0.3 is 15.4 Å². The maximum absolute atomic E-state index is 16.8. The fourth-order valence-electron chi connectivity index (χ4n) is 7.20. The summed E-state index contributed by atoms with van der Waals surface area (Å²) >= 11 is 0.674. The number of benzene rings is 2. The van der Waals surface area contributed by atoms with Gasteiger partial charge in [0.05, 0.1) is 21.4 Å². The van der Waals surface area contributed by atoms with Crippen LogP contribution in [0.15, 0.2) is 18.2 Å². The number of aromatic nitrogens is 2. The minimum atomic E-state index is -5.10. The highest BCUT2D eigenvalue weighted by Crippen LogP contribution is 2.48. The zero-order valence-corrected chi connectivity index (χ0v) is 25.0. The van der Waals surface area contributed by atoms with Crippen LogP contribution in [0.1, 0.15) is 43.2 Å². The zero-order valence-electron chi connectivity index (χ0n) is 24.2. The monoisotopic (exact) mass is 664 g/mol. The Morgan fingerprint density at radius 1 is 1.11 bits per heavy atom. The van der Waals surface area contributed by atoms with E-state index in [0.29, 0.717) is 24.3 Å². The lowest BCUT2D eigenvalue weighted by Crippen LogP contribution is -2.43. The van der Waals surface area contributed by atoms with Crippen molar-refractivity contribution in [3.05, 3.63) is 41.0 Å². The molecule has 7 rings (SSSR count). The Kier molecular flexibility index (Phi) is 7.43. The molecule has 0 bridgehead atoms. The van der Waals surface area contributed by atoms with Crippen molar-refractivity contribution in [2.75, 3.05) is 43.4 Å². The molecule has 2 unspecified atom stereocenters. The van der Waals surface area contributed by atoms with E-state index in [1.54, 1.807) is 11.0 Å². The summed E-state index contributed by atoms with van der Waals surface area (Å²) in [6, 6.07) is 4.09. The van der Waals surface area contributed by atoms with Crippen LogP contribution in [0.2, 0.25) is 0 Å². The summed E-state index contributed by atoms with van der Waals surface area (Å²) in [5, 5.41) is 9.10. The molecule has 3 saturated heterocycles. The van der Waals surface area contributed by atoms with Crippen molar-refractivity contribution in [2.24, 2.45) is 0 Å². The summed E-state index contributed by atoms with van der Waals surface area (Å²) in [6.45, 7) is 1.15. The average molecular weight is 665 g/mol. The van der Waals surface area contributed by atoms with Crippen LogP contribution in [0.25, 0.3) is 32.1 Å². The van der Waals surface area contributed by atoms with Crippen molar-refractivity contribution in [1.82, 2.24) is 14.9 Å². The third-order valence-electron chi connectivity index (χ3n) is 9.35. The van der Waals surface area contributed by atoms with Gasteiger partial charge in [-0.3, -0.25) is 4.90 Å². The highest BCUT2D eigenvalue weighted by molar-refractivity contribution is 7.23. The van der Waals surface area contributed by atoms with Gasteiger partial charge in [-0.05, 0) is 49.9 Å². The molecule has 2 N–H and O–H groups in total. The van der Waals surface area contributed by atoms with E-state index in [1.165, 1.54) is 0 Å². The summed E-state index contributed by atoms with van der Waals surface area (Å²) in [6.07, 6.45) is -5.34. The average Bonchev–Trinajstić information content (AvgIpc) is 3.65. The smallest absolute Gasteiger partial charge is 0.417 e. The largest absolute Gasteiger partial charge is 0.461 e. The molecule has 15 heteroatoms. The molecule has 2 atom stereocenters. The van der Waals surface area contributed by atoms with Gasteiger partial charge in [-0.1, -0.05) is 6.07 Å². The molecule has 2 aromatic carbocycles. The second-order valence-electron chi connectivity index (χ2n) is 12.1. The first-order chi connectivity index (χ1) is 21.9. The first kappa shape index (κ1) is 30.7. The second-order valence-corrected chi connectivity index (χ2v) is 13.2. The van der Waals surface area contributed by atoms with E-state index in [1.807, 2.05) is 4.90 Å². The molecule has 0 amide bonds. The molecule has 0 radical (unpaired) electrons. The Bertz CT molecular complexity index is 1900. The van der Waals surface area contributed by atoms with Gasteiger partial charge in [-0.25, -0.2) is 17.6 Å². The molecule has 3 aliphatic heterocycles. The van der Waals surface area contributed by atoms with Gasteiger partial charge in [0, 0.05) is 42.4 Å². The Morgan fingerprint density at radius 3 is 2.59 bits per heavy atom. The number of rotatable bonds is 5. The molecule has 0 aliphatic carbocycles. The lowest BCUT2D eigenvalue weighted by atomic mass is 9.92. The van der Waals surface area contributed by atoms with Crippen molar-refractivity contribution in [3.8, 4) is 23.2 Å². The Morgan fingerprint density at radius 2 is 1.87 bits per heavy atom. The third-order valence-corrected chi connectivity index (χ3v) is 10.4. The molecular formula is C31H27F7N6OS. The van der Waals surface area contributed by atoms with Gasteiger partial charge in [0.25, 0.3) is 0 Å². The number of thiophene rings is 1. The van der Waals surface area contributed by atoms with Crippen molar-refractivity contribution < 1.29 is 35.5 Å². The SMILES string of the molecule is N#Cc1c(N)sc2c(F)ccc(-c3c(C(F)(F)F)cc4c(N5CCC(F)CC5)nc(OCC56CCCN5CC(F)C6)nc4c3F)c12. The zero-order chi connectivity index (χ0) is 32.5. The maximum atomic E-state index is 16.8. The van der Waals surface area contributed by atoms with Gasteiger partial charge in [-0.2, -0.15) is 28.4 Å². The van der Waals surface area contributed by atoms with Crippen LogP contribution in [0, 0.1) is 23.0 Å². The van der Waals surface area contributed by atoms with E-state index in [9.17, 15) is 31.6 Å². The summed E-state index contributed by atoms with van der Waals surface area (Å²) in [4.78, 5) is 12.2. The van der Waals surface area contributed by atoms with Crippen LogP contribution in [0.4, 0.5) is 41.6 Å². The number of hydrogen-bond acceptors (Lipinski definition) is 8. The number of piperidine rings is 1. The molecule has 0 spiro atoms. The molecule has 46 heavy (non-hydrogen) atoms. The predicted octanol–water partition coefficient (Wildman–Crippen LogP) is 7.16. The van der Waals surface area contributed by atoms with E-state index in [4.69, 9.17) is 10.5 Å². The van der Waals surface area contributed by atoms with Crippen molar-refractivity contribution in [3.63, 3.8) is 0 Å². The van der Waals surface area contributed by atoms with Crippen molar-refractivity contribution in [2.45, 2.75) is 56.2 Å². The Balaban J connectivity index is 1.45. The Hall–Kier alpha value is -3.90. The van der Waals surface area contributed by atoms with Crippen LogP contribution in [0.5, 0.6) is 6.01 Å². The van der Waals surface area contributed by atoms with E-state index >= 15 is 4.39 Å². The van der Waals surface area contributed by atoms with Crippen LogP contribution in [-0.4, -0.2) is 65.5 Å². The fraction of sp³-hybridized carbons (Fsp3) is 0.452. The molecule has 0 saturated carbocycles. The van der Waals surface area contributed by atoms with Crippen molar-refractivity contribution >= 4 is 43.1 Å². The van der Waals surface area contributed by atoms with Gasteiger partial charge in [0.2, 0.25) is 0 Å². The maximum Gasteiger partial charge on any atom is 0.417 e. The van der Waals surface area contributed by atoms with Gasteiger partial charge in [-0.15, -0.1) is 11.3 Å². The molecular weight excluding hydrogens is 637 g/mol. The van der Waals surface area contributed by atoms with Gasteiger partial charge in [0.15, 0.2) is 5.82 Å². The summed E-state index contributed by atoms with van der Waals surface area (Å²) in [5.41, 5.74) is 1.82. The minimum Gasteiger partial charge on any atom is -0.461 e. The number of fused-ring (bicyclic) bond motifs is 3. The lowest BCUT2D eigenvalue weighted by molar-refractivity contribution is -0.137. The molecule has 5 heterocycles. The number of nitrogens with zero attached hydrogens (tertiary/aromatic N) is 5. The summed E-state index contributed by atoms with van der Waals surface area (Å²) in [5.74, 6) is -2.27. The molecule has 2 aromatic heterocycles. The van der Waals surface area contributed by atoms with E-state index in [-0.39, 0.29) is 88.9 Å². The van der Waals surface area contributed by atoms with E-state index < -0.39 is 52.3 Å². The number of anilines is 2. The first-order valence-corrected chi connectivity index (χ1v) is 15.6. The molecule has 3 aliphatic rings. The second kappa shape index (κ2) is 11.1. The van der Waals surface area contributed by atoms with E-state index in [0.717, 1.165) is 24.6 Å². The quantitative estimate of drug-likeness (QED) is 0.227. The van der Waals surface area contributed by atoms with Gasteiger partial charge >= 0.3 is 12.2 Å². The normalized spacial score (nSPS) is 22.6. The van der Waals surface area contributed by atoms with Crippen molar-refractivity contribution in [1.29, 1.82) is 5.26 Å². The number of hydrogen-bond donors (Lipinski definition) is 1. The summed E-state index contributed by atoms with van der Waals surface area (Å²) < 4.78 is 110. The van der Waals surface area contributed by atoms with Crippen LogP contribution in [0.3, 0.4) is 0 Å². The number of nitrogen functional groups attached to an aromatic ring is 1. The number of alkyl halides is 5. The molecule has 7 nitrogen and oxygen atoms in total.